The molecule has 0 saturated heterocycles. The summed E-state index contributed by atoms with van der Waals surface area (Å²) in [6.07, 6.45) is 3.29. The third kappa shape index (κ3) is 2.82. The molecule has 20 heavy (non-hydrogen) atoms. The third-order valence-electron chi connectivity index (χ3n) is 4.08. The first-order chi connectivity index (χ1) is 9.44. The van der Waals surface area contributed by atoms with Gasteiger partial charge in [0.25, 0.3) is 0 Å². The van der Waals surface area contributed by atoms with E-state index in [2.05, 4.69) is 18.2 Å². The number of nitrogens with zero attached hydrogens (tertiary/aromatic N) is 1. The van der Waals surface area contributed by atoms with Gasteiger partial charge in [0.05, 0.1) is 0 Å². The molecule has 2 aliphatic rings. The average molecular weight is 273 g/mol. The molecule has 1 fully saturated rings. The van der Waals surface area contributed by atoms with Gasteiger partial charge in [-0.3, -0.25) is 0 Å². The summed E-state index contributed by atoms with van der Waals surface area (Å²) < 4.78 is 5.59. The molecule has 3 heteroatoms. The third-order valence-corrected chi connectivity index (χ3v) is 4.08. The van der Waals surface area contributed by atoms with Crippen LogP contribution in [0.3, 0.4) is 0 Å². The molecule has 1 aliphatic carbocycles. The summed E-state index contributed by atoms with van der Waals surface area (Å²) in [5.41, 5.74) is 2.22. The van der Waals surface area contributed by atoms with Crippen molar-refractivity contribution in [3.8, 4) is 0 Å². The van der Waals surface area contributed by atoms with Crippen molar-refractivity contribution in [2.45, 2.75) is 58.2 Å². The highest BCUT2D eigenvalue weighted by molar-refractivity contribution is 5.69. The zero-order valence-corrected chi connectivity index (χ0v) is 12.6. The predicted octanol–water partition coefficient (Wildman–Crippen LogP) is 3.76. The maximum absolute atomic E-state index is 12.5. The molecule has 1 saturated carbocycles. The number of hydrogen-bond acceptors (Lipinski definition) is 2. The lowest BCUT2D eigenvalue weighted by molar-refractivity contribution is 0.00937. The van der Waals surface area contributed by atoms with Gasteiger partial charge in [0.15, 0.2) is 0 Å². The first kappa shape index (κ1) is 13.5. The van der Waals surface area contributed by atoms with E-state index in [9.17, 15) is 4.79 Å². The fraction of sp³-hybridized carbons (Fsp3) is 0.588. The minimum absolute atomic E-state index is 0.163. The Balaban J connectivity index is 1.83. The maximum atomic E-state index is 12.5. The van der Waals surface area contributed by atoms with Crippen molar-refractivity contribution in [1.82, 2.24) is 4.90 Å². The summed E-state index contributed by atoms with van der Waals surface area (Å²) in [6.45, 7) is 6.46. The molecule has 0 aromatic heterocycles. The Bertz CT molecular complexity index is 514. The average Bonchev–Trinajstić information content (AvgIpc) is 3.19. The van der Waals surface area contributed by atoms with E-state index in [1.54, 1.807) is 0 Å². The van der Waals surface area contributed by atoms with Gasteiger partial charge in [0, 0.05) is 12.6 Å². The second kappa shape index (κ2) is 4.80. The number of fused-ring (bicyclic) bond motifs is 1. The van der Waals surface area contributed by atoms with Gasteiger partial charge in [-0.25, -0.2) is 4.79 Å². The molecule has 0 bridgehead atoms. The SMILES string of the molecule is CC(C)(C)OC(=O)N1Cc2ccccc2C[C@H]1C1CC1. The van der Waals surface area contributed by atoms with Crippen molar-refractivity contribution in [3.05, 3.63) is 35.4 Å². The van der Waals surface area contributed by atoms with Crippen LogP contribution in [0.1, 0.15) is 44.7 Å². The highest BCUT2D eigenvalue weighted by Crippen LogP contribution is 2.40. The Morgan fingerprint density at radius 3 is 2.45 bits per heavy atom. The van der Waals surface area contributed by atoms with Gasteiger partial charge in [-0.1, -0.05) is 24.3 Å². The van der Waals surface area contributed by atoms with Gasteiger partial charge in [0.2, 0.25) is 0 Å². The molecule has 0 radical (unpaired) electrons. The Hall–Kier alpha value is -1.51. The highest BCUT2D eigenvalue weighted by Gasteiger charge is 2.41. The summed E-state index contributed by atoms with van der Waals surface area (Å²) >= 11 is 0. The molecule has 1 aromatic carbocycles. The summed E-state index contributed by atoms with van der Waals surface area (Å²) in [5, 5.41) is 0. The molecule has 0 spiro atoms. The monoisotopic (exact) mass is 273 g/mol. The normalized spacial score (nSPS) is 22.4. The number of carbonyl (C=O) groups is 1. The van der Waals surface area contributed by atoms with Gasteiger partial charge in [-0.15, -0.1) is 0 Å². The molecule has 3 nitrogen and oxygen atoms in total. The van der Waals surface area contributed by atoms with Crippen molar-refractivity contribution < 1.29 is 9.53 Å². The zero-order valence-electron chi connectivity index (χ0n) is 12.6. The van der Waals surface area contributed by atoms with Crippen molar-refractivity contribution in [1.29, 1.82) is 0 Å². The Morgan fingerprint density at radius 1 is 1.20 bits per heavy atom. The van der Waals surface area contributed by atoms with Crippen molar-refractivity contribution >= 4 is 6.09 Å². The zero-order chi connectivity index (χ0) is 14.3. The minimum Gasteiger partial charge on any atom is -0.444 e. The lowest BCUT2D eigenvalue weighted by Crippen LogP contribution is -2.47. The Kier molecular flexibility index (Phi) is 3.23. The second-order valence-electron chi connectivity index (χ2n) is 6.99. The number of carbonyl (C=O) groups excluding carboxylic acids is 1. The van der Waals surface area contributed by atoms with Crippen LogP contribution in [-0.2, 0) is 17.7 Å². The smallest absolute Gasteiger partial charge is 0.410 e. The molecule has 1 atom stereocenters. The van der Waals surface area contributed by atoms with Gasteiger partial charge < -0.3 is 9.64 Å². The lowest BCUT2D eigenvalue weighted by Gasteiger charge is -2.38. The first-order valence-electron chi connectivity index (χ1n) is 7.50. The van der Waals surface area contributed by atoms with Crippen LogP contribution in [0.5, 0.6) is 0 Å². The van der Waals surface area contributed by atoms with Crippen LogP contribution in [0.2, 0.25) is 0 Å². The van der Waals surface area contributed by atoms with Crippen LogP contribution in [0, 0.1) is 5.92 Å². The van der Waals surface area contributed by atoms with E-state index >= 15 is 0 Å². The standard InChI is InChI=1S/C17H23NO2/c1-17(2,3)20-16(19)18-11-14-7-5-4-6-13(14)10-15(18)12-8-9-12/h4-7,12,15H,8-11H2,1-3H3/t15-/m0/s1. The summed E-state index contributed by atoms with van der Waals surface area (Å²) in [6, 6.07) is 8.77. The van der Waals surface area contributed by atoms with E-state index in [0.717, 1.165) is 6.42 Å². The van der Waals surface area contributed by atoms with Crippen LogP contribution in [0.15, 0.2) is 24.3 Å². The Labute approximate surface area is 120 Å². The van der Waals surface area contributed by atoms with E-state index in [-0.39, 0.29) is 6.09 Å². The largest absolute Gasteiger partial charge is 0.444 e. The van der Waals surface area contributed by atoms with Crippen LogP contribution < -0.4 is 0 Å². The van der Waals surface area contributed by atoms with Crippen molar-refractivity contribution in [2.24, 2.45) is 5.92 Å². The number of ether oxygens (including phenoxy) is 1. The molecule has 1 amide bonds. The van der Waals surface area contributed by atoms with Crippen LogP contribution in [-0.4, -0.2) is 22.6 Å². The number of amides is 1. The molecular weight excluding hydrogens is 250 g/mol. The summed E-state index contributed by atoms with van der Waals surface area (Å²) in [7, 11) is 0. The fourth-order valence-corrected chi connectivity index (χ4v) is 2.97. The van der Waals surface area contributed by atoms with E-state index < -0.39 is 5.60 Å². The molecule has 108 valence electrons. The molecule has 1 heterocycles. The summed E-state index contributed by atoms with van der Waals surface area (Å²) in [4.78, 5) is 14.4. The quantitative estimate of drug-likeness (QED) is 0.779. The van der Waals surface area contributed by atoms with Gasteiger partial charge >= 0.3 is 6.09 Å². The van der Waals surface area contributed by atoms with Gasteiger partial charge in [0.1, 0.15) is 5.60 Å². The van der Waals surface area contributed by atoms with E-state index in [4.69, 9.17) is 4.74 Å². The maximum Gasteiger partial charge on any atom is 0.410 e. The molecular formula is C17H23NO2. The molecule has 3 rings (SSSR count). The topological polar surface area (TPSA) is 29.5 Å². The number of hydrogen-bond donors (Lipinski definition) is 0. The van der Waals surface area contributed by atoms with E-state index in [0.29, 0.717) is 18.5 Å². The van der Waals surface area contributed by atoms with E-state index in [1.165, 1.54) is 24.0 Å². The predicted molar refractivity (Wildman–Crippen MR) is 78.4 cm³/mol. The number of benzene rings is 1. The van der Waals surface area contributed by atoms with Gasteiger partial charge in [-0.2, -0.15) is 0 Å². The lowest BCUT2D eigenvalue weighted by atomic mass is 9.92. The van der Waals surface area contributed by atoms with Crippen LogP contribution in [0.4, 0.5) is 4.79 Å². The molecule has 1 aromatic rings. The van der Waals surface area contributed by atoms with Crippen LogP contribution >= 0.6 is 0 Å². The molecule has 0 N–H and O–H groups in total. The first-order valence-corrected chi connectivity index (χ1v) is 7.50. The highest BCUT2D eigenvalue weighted by atomic mass is 16.6. The summed E-state index contributed by atoms with van der Waals surface area (Å²) in [5.74, 6) is 0.663. The Morgan fingerprint density at radius 2 is 1.85 bits per heavy atom. The van der Waals surface area contributed by atoms with Crippen molar-refractivity contribution in [3.63, 3.8) is 0 Å². The van der Waals surface area contributed by atoms with Crippen LogP contribution in [0.25, 0.3) is 0 Å². The second-order valence-corrected chi connectivity index (χ2v) is 6.99. The molecule has 0 unspecified atom stereocenters. The van der Waals surface area contributed by atoms with Crippen molar-refractivity contribution in [2.75, 3.05) is 0 Å². The minimum atomic E-state index is -0.428. The fourth-order valence-electron chi connectivity index (χ4n) is 2.97. The number of rotatable bonds is 1. The van der Waals surface area contributed by atoms with Gasteiger partial charge in [-0.05, 0) is 57.1 Å². The molecule has 1 aliphatic heterocycles. The van der Waals surface area contributed by atoms with E-state index in [1.807, 2.05) is 31.7 Å².